The molecular weight excluding hydrogens is 266 g/mol. The van der Waals surface area contributed by atoms with E-state index in [0.717, 1.165) is 28.0 Å². The molecule has 102 valence electrons. The van der Waals surface area contributed by atoms with E-state index in [2.05, 4.69) is 40.6 Å². The van der Waals surface area contributed by atoms with Crippen LogP contribution in [0.4, 0.5) is 5.69 Å². The summed E-state index contributed by atoms with van der Waals surface area (Å²) >= 11 is 1.76. The lowest BCUT2D eigenvalue weighted by Crippen LogP contribution is -2.07. The molecule has 0 saturated heterocycles. The summed E-state index contributed by atoms with van der Waals surface area (Å²) < 4.78 is 0. The molecule has 0 amide bonds. The molecule has 1 aromatic heterocycles. The van der Waals surface area contributed by atoms with Crippen molar-refractivity contribution in [2.24, 2.45) is 4.99 Å². The topological polar surface area (TPSA) is 37.3 Å². The number of pyridine rings is 1. The molecule has 0 radical (unpaired) electrons. The molecule has 2 heterocycles. The lowest BCUT2D eigenvalue weighted by molar-refractivity contribution is 0.849. The molecule has 3 rings (SSSR count). The first-order valence-corrected chi connectivity index (χ1v) is 7.68. The molecule has 0 spiro atoms. The number of anilines is 1. The van der Waals surface area contributed by atoms with E-state index in [-0.39, 0.29) is 6.04 Å². The number of amidine groups is 1. The third kappa shape index (κ3) is 2.85. The standard InChI is InChI=1S/C16H17N3S/c1-11-8-9-14(12(2)17-11)18-16-19-15(10-20-16)13-6-4-3-5-7-13/h3-9,15H,10H2,1-2H3,(H,18,19). The first kappa shape index (κ1) is 13.2. The highest BCUT2D eigenvalue weighted by Gasteiger charge is 2.20. The highest BCUT2D eigenvalue weighted by molar-refractivity contribution is 8.14. The summed E-state index contributed by atoms with van der Waals surface area (Å²) in [5.74, 6) is 0.991. The number of benzene rings is 1. The summed E-state index contributed by atoms with van der Waals surface area (Å²) in [7, 11) is 0. The van der Waals surface area contributed by atoms with Gasteiger partial charge in [-0.25, -0.2) is 0 Å². The van der Waals surface area contributed by atoms with E-state index in [1.807, 2.05) is 26.0 Å². The third-order valence-electron chi connectivity index (χ3n) is 3.30. The van der Waals surface area contributed by atoms with E-state index < -0.39 is 0 Å². The number of nitrogens with zero attached hydrogens (tertiary/aromatic N) is 2. The molecule has 1 aliphatic heterocycles. The van der Waals surface area contributed by atoms with Gasteiger partial charge in [0.1, 0.15) is 0 Å². The summed E-state index contributed by atoms with van der Waals surface area (Å²) in [4.78, 5) is 9.22. The number of nitrogens with one attached hydrogen (secondary N) is 1. The first-order valence-electron chi connectivity index (χ1n) is 6.69. The Morgan fingerprint density at radius 3 is 2.65 bits per heavy atom. The SMILES string of the molecule is Cc1ccc(NC2=NC(c3ccccc3)CS2)c(C)n1. The number of hydrogen-bond acceptors (Lipinski definition) is 4. The Labute approximate surface area is 123 Å². The van der Waals surface area contributed by atoms with Gasteiger partial charge >= 0.3 is 0 Å². The van der Waals surface area contributed by atoms with E-state index in [1.54, 1.807) is 11.8 Å². The van der Waals surface area contributed by atoms with E-state index in [0.29, 0.717) is 0 Å². The van der Waals surface area contributed by atoms with Crippen molar-refractivity contribution in [2.45, 2.75) is 19.9 Å². The summed E-state index contributed by atoms with van der Waals surface area (Å²) in [6.07, 6.45) is 0. The maximum Gasteiger partial charge on any atom is 0.161 e. The molecule has 0 fully saturated rings. The molecule has 0 bridgehead atoms. The minimum atomic E-state index is 0.252. The fourth-order valence-corrected chi connectivity index (χ4v) is 3.19. The second-order valence-electron chi connectivity index (χ2n) is 4.88. The lowest BCUT2D eigenvalue weighted by Gasteiger charge is -2.08. The van der Waals surface area contributed by atoms with Crippen molar-refractivity contribution in [3.8, 4) is 0 Å². The fraction of sp³-hybridized carbons (Fsp3) is 0.250. The molecule has 1 unspecified atom stereocenters. The van der Waals surface area contributed by atoms with Crippen LogP contribution in [0.3, 0.4) is 0 Å². The second-order valence-corrected chi connectivity index (χ2v) is 5.89. The summed E-state index contributed by atoms with van der Waals surface area (Å²) in [6, 6.07) is 14.8. The van der Waals surface area contributed by atoms with Crippen LogP contribution in [0.25, 0.3) is 0 Å². The van der Waals surface area contributed by atoms with Crippen molar-refractivity contribution in [3.63, 3.8) is 0 Å². The fourth-order valence-electron chi connectivity index (χ4n) is 2.22. The van der Waals surface area contributed by atoms with Crippen molar-refractivity contribution >= 4 is 22.6 Å². The monoisotopic (exact) mass is 283 g/mol. The third-order valence-corrected chi connectivity index (χ3v) is 4.27. The Hall–Kier alpha value is -1.81. The molecule has 4 heteroatoms. The number of hydrogen-bond donors (Lipinski definition) is 1. The van der Waals surface area contributed by atoms with Crippen LogP contribution in [-0.2, 0) is 0 Å². The molecule has 1 N–H and O–H groups in total. The van der Waals surface area contributed by atoms with Crippen LogP contribution >= 0.6 is 11.8 Å². The van der Waals surface area contributed by atoms with E-state index in [4.69, 9.17) is 4.99 Å². The zero-order chi connectivity index (χ0) is 13.9. The quantitative estimate of drug-likeness (QED) is 0.906. The van der Waals surface area contributed by atoms with Gasteiger partial charge in [0.2, 0.25) is 0 Å². The average Bonchev–Trinajstić information content (AvgIpc) is 2.92. The first-order chi connectivity index (χ1) is 9.72. The van der Waals surface area contributed by atoms with Gasteiger partial charge in [0, 0.05) is 11.4 Å². The van der Waals surface area contributed by atoms with E-state index >= 15 is 0 Å². The maximum atomic E-state index is 4.76. The second kappa shape index (κ2) is 5.67. The van der Waals surface area contributed by atoms with Crippen molar-refractivity contribution in [3.05, 3.63) is 59.4 Å². The Morgan fingerprint density at radius 1 is 1.10 bits per heavy atom. The maximum absolute atomic E-state index is 4.76. The molecule has 2 aromatic rings. The Balaban J connectivity index is 1.76. The minimum absolute atomic E-state index is 0.252. The van der Waals surface area contributed by atoms with Crippen LogP contribution in [0.5, 0.6) is 0 Å². The van der Waals surface area contributed by atoms with E-state index in [9.17, 15) is 0 Å². The zero-order valence-electron chi connectivity index (χ0n) is 11.6. The van der Waals surface area contributed by atoms with Crippen molar-refractivity contribution in [1.82, 2.24) is 4.98 Å². The van der Waals surface area contributed by atoms with Gasteiger partial charge in [-0.2, -0.15) is 0 Å². The number of aromatic nitrogens is 1. The molecule has 1 aliphatic rings. The molecule has 0 aliphatic carbocycles. The number of aryl methyl sites for hydroxylation is 2. The van der Waals surface area contributed by atoms with Crippen molar-refractivity contribution in [1.29, 1.82) is 0 Å². The predicted molar refractivity (Wildman–Crippen MR) is 86.4 cm³/mol. The number of rotatable bonds is 2. The molecule has 20 heavy (non-hydrogen) atoms. The van der Waals surface area contributed by atoms with Gasteiger partial charge in [-0.05, 0) is 31.5 Å². The normalized spacial score (nSPS) is 17.9. The highest BCUT2D eigenvalue weighted by atomic mass is 32.2. The van der Waals surface area contributed by atoms with Gasteiger partial charge in [0.15, 0.2) is 5.17 Å². The molecule has 3 nitrogen and oxygen atoms in total. The van der Waals surface area contributed by atoms with Crippen LogP contribution in [0.2, 0.25) is 0 Å². The van der Waals surface area contributed by atoms with Crippen LogP contribution in [-0.4, -0.2) is 15.9 Å². The van der Waals surface area contributed by atoms with Gasteiger partial charge in [-0.3, -0.25) is 9.98 Å². The van der Waals surface area contributed by atoms with Gasteiger partial charge in [-0.1, -0.05) is 42.1 Å². The lowest BCUT2D eigenvalue weighted by atomic mass is 10.1. The number of thioether (sulfide) groups is 1. The van der Waals surface area contributed by atoms with Crippen molar-refractivity contribution < 1.29 is 0 Å². The van der Waals surface area contributed by atoms with Crippen LogP contribution in [0.15, 0.2) is 47.5 Å². The molecular formula is C16H17N3S. The Kier molecular flexibility index (Phi) is 3.74. The average molecular weight is 283 g/mol. The Morgan fingerprint density at radius 2 is 1.90 bits per heavy atom. The zero-order valence-corrected chi connectivity index (χ0v) is 12.4. The Bertz CT molecular complexity index is 637. The summed E-state index contributed by atoms with van der Waals surface area (Å²) in [5.41, 5.74) is 4.36. The van der Waals surface area contributed by atoms with E-state index in [1.165, 1.54) is 5.56 Å². The molecule has 1 atom stereocenters. The predicted octanol–water partition coefficient (Wildman–Crippen LogP) is 3.95. The minimum Gasteiger partial charge on any atom is -0.333 e. The highest BCUT2D eigenvalue weighted by Crippen LogP contribution is 2.31. The summed E-state index contributed by atoms with van der Waals surface area (Å²) in [6.45, 7) is 4.02. The van der Waals surface area contributed by atoms with Gasteiger partial charge in [0.25, 0.3) is 0 Å². The largest absolute Gasteiger partial charge is 0.333 e. The van der Waals surface area contributed by atoms with Gasteiger partial charge in [0.05, 0.1) is 17.4 Å². The molecule has 1 aromatic carbocycles. The van der Waals surface area contributed by atoms with Crippen LogP contribution < -0.4 is 5.32 Å². The smallest absolute Gasteiger partial charge is 0.161 e. The number of aliphatic imine (C=N–C) groups is 1. The van der Waals surface area contributed by atoms with Crippen molar-refractivity contribution in [2.75, 3.05) is 11.1 Å². The van der Waals surface area contributed by atoms with Crippen LogP contribution in [0.1, 0.15) is 23.0 Å². The molecule has 0 saturated carbocycles. The van der Waals surface area contributed by atoms with Crippen LogP contribution in [0, 0.1) is 13.8 Å². The van der Waals surface area contributed by atoms with Gasteiger partial charge < -0.3 is 5.32 Å². The van der Waals surface area contributed by atoms with Gasteiger partial charge in [-0.15, -0.1) is 0 Å². The summed E-state index contributed by atoms with van der Waals surface area (Å²) in [5, 5.41) is 4.37.